The van der Waals surface area contributed by atoms with Crippen LogP contribution in [0.5, 0.6) is 5.75 Å². The molecule has 2 aliphatic heterocycles. The highest BCUT2D eigenvalue weighted by Crippen LogP contribution is 2.29. The molecule has 2 N–H and O–H groups in total. The molecule has 0 saturated carbocycles. The van der Waals surface area contributed by atoms with Gasteiger partial charge in [-0.3, -0.25) is 19.3 Å². The second-order valence-corrected chi connectivity index (χ2v) is 8.65. The predicted octanol–water partition coefficient (Wildman–Crippen LogP) is 3.59. The van der Waals surface area contributed by atoms with Crippen LogP contribution in [0, 0.1) is 6.92 Å². The highest BCUT2D eigenvalue weighted by Gasteiger charge is 2.35. The zero-order valence-electron chi connectivity index (χ0n) is 19.3. The SMILES string of the molecule is Cc1cc(CN2C(=O)c3ccccc3C2=O)cc(C(=O)Nc2ccc(N3CCOCC3)cc2)c1O. The monoisotopic (exact) mass is 471 g/mol. The second-order valence-electron chi connectivity index (χ2n) is 8.65. The number of ether oxygens (including phenoxy) is 1. The van der Waals surface area contributed by atoms with E-state index in [1.807, 2.05) is 24.3 Å². The Labute approximate surface area is 202 Å². The van der Waals surface area contributed by atoms with Crippen molar-refractivity contribution in [1.29, 1.82) is 0 Å². The number of nitrogens with zero attached hydrogens (tertiary/aromatic N) is 2. The van der Waals surface area contributed by atoms with Crippen LogP contribution in [0.4, 0.5) is 11.4 Å². The first-order valence-corrected chi connectivity index (χ1v) is 11.4. The standard InChI is InChI=1S/C27H25N3O5/c1-17-14-18(16-30-26(33)21-4-2-3-5-22(21)27(30)34)15-23(24(17)31)25(32)28-19-6-8-20(9-7-19)29-10-12-35-13-11-29/h2-9,14-15,31H,10-13,16H2,1H3,(H,28,32). The van der Waals surface area contributed by atoms with Gasteiger partial charge in [0.25, 0.3) is 17.7 Å². The van der Waals surface area contributed by atoms with Crippen LogP contribution in [-0.2, 0) is 11.3 Å². The summed E-state index contributed by atoms with van der Waals surface area (Å²) in [6.07, 6.45) is 0. The Hall–Kier alpha value is -4.17. The highest BCUT2D eigenvalue weighted by atomic mass is 16.5. The van der Waals surface area contributed by atoms with E-state index in [9.17, 15) is 19.5 Å². The van der Waals surface area contributed by atoms with Crippen molar-refractivity contribution in [2.75, 3.05) is 36.5 Å². The van der Waals surface area contributed by atoms with Crippen molar-refractivity contribution in [2.24, 2.45) is 0 Å². The van der Waals surface area contributed by atoms with Crippen molar-refractivity contribution >= 4 is 29.1 Å². The summed E-state index contributed by atoms with van der Waals surface area (Å²) in [5.41, 5.74) is 3.50. The summed E-state index contributed by atoms with van der Waals surface area (Å²) < 4.78 is 5.38. The average Bonchev–Trinajstić information content (AvgIpc) is 3.12. The van der Waals surface area contributed by atoms with Gasteiger partial charge in [-0.05, 0) is 60.5 Å². The van der Waals surface area contributed by atoms with Crippen LogP contribution in [0.15, 0.2) is 60.7 Å². The van der Waals surface area contributed by atoms with E-state index in [4.69, 9.17) is 4.74 Å². The van der Waals surface area contributed by atoms with Crippen LogP contribution in [0.3, 0.4) is 0 Å². The summed E-state index contributed by atoms with van der Waals surface area (Å²) in [6.45, 7) is 4.69. The molecule has 2 heterocycles. The number of morpholine rings is 1. The minimum absolute atomic E-state index is 0.00198. The van der Waals surface area contributed by atoms with E-state index in [1.165, 1.54) is 6.07 Å². The summed E-state index contributed by atoms with van der Waals surface area (Å²) in [5, 5.41) is 13.4. The van der Waals surface area contributed by atoms with Crippen LogP contribution in [0.1, 0.15) is 42.2 Å². The zero-order valence-corrected chi connectivity index (χ0v) is 19.3. The first-order valence-electron chi connectivity index (χ1n) is 11.4. The van der Waals surface area contributed by atoms with Gasteiger partial charge in [-0.2, -0.15) is 0 Å². The smallest absolute Gasteiger partial charge is 0.261 e. The number of carbonyl (C=O) groups excluding carboxylic acids is 3. The fourth-order valence-corrected chi connectivity index (χ4v) is 4.46. The van der Waals surface area contributed by atoms with Crippen LogP contribution >= 0.6 is 0 Å². The molecule has 0 bridgehead atoms. The Bertz CT molecular complexity index is 1280. The van der Waals surface area contributed by atoms with E-state index in [1.54, 1.807) is 37.3 Å². The Balaban J connectivity index is 1.33. The molecule has 5 rings (SSSR count). The van der Waals surface area contributed by atoms with E-state index < -0.39 is 5.91 Å². The predicted molar refractivity (Wildman–Crippen MR) is 131 cm³/mol. The topological polar surface area (TPSA) is 99.2 Å². The van der Waals surface area contributed by atoms with Gasteiger partial charge in [0.15, 0.2) is 0 Å². The lowest BCUT2D eigenvalue weighted by atomic mass is 10.0. The molecular weight excluding hydrogens is 446 g/mol. The molecule has 3 aromatic rings. The van der Waals surface area contributed by atoms with E-state index in [-0.39, 0.29) is 29.7 Å². The Morgan fingerprint density at radius 1 is 0.971 bits per heavy atom. The van der Waals surface area contributed by atoms with E-state index in [0.29, 0.717) is 41.2 Å². The second kappa shape index (κ2) is 9.23. The Kier molecular flexibility index (Phi) is 5.96. The number of aromatic hydroxyl groups is 1. The lowest BCUT2D eigenvalue weighted by molar-refractivity contribution is 0.0642. The molecule has 8 nitrogen and oxygen atoms in total. The van der Waals surface area contributed by atoms with Crippen molar-refractivity contribution in [1.82, 2.24) is 4.90 Å². The van der Waals surface area contributed by atoms with Gasteiger partial charge >= 0.3 is 0 Å². The first kappa shape index (κ1) is 22.6. The Morgan fingerprint density at radius 2 is 1.60 bits per heavy atom. The van der Waals surface area contributed by atoms with Crippen LogP contribution in [0.2, 0.25) is 0 Å². The molecular formula is C27H25N3O5. The summed E-state index contributed by atoms with van der Waals surface area (Å²) in [5.74, 6) is -1.36. The number of hydrogen-bond donors (Lipinski definition) is 2. The lowest BCUT2D eigenvalue weighted by Crippen LogP contribution is -2.36. The summed E-state index contributed by atoms with van der Waals surface area (Å²) >= 11 is 0. The zero-order chi connectivity index (χ0) is 24.5. The molecule has 0 radical (unpaired) electrons. The lowest BCUT2D eigenvalue weighted by Gasteiger charge is -2.28. The summed E-state index contributed by atoms with van der Waals surface area (Å²) in [6, 6.07) is 17.4. The van der Waals surface area contributed by atoms with Gasteiger partial charge in [0.2, 0.25) is 0 Å². The summed E-state index contributed by atoms with van der Waals surface area (Å²) in [4.78, 5) is 41.9. The number of fused-ring (bicyclic) bond motifs is 1. The minimum Gasteiger partial charge on any atom is -0.507 e. The molecule has 0 spiro atoms. The normalized spacial score (nSPS) is 15.3. The molecule has 178 valence electrons. The van der Waals surface area contributed by atoms with Crippen LogP contribution < -0.4 is 10.2 Å². The number of imide groups is 1. The van der Waals surface area contributed by atoms with Gasteiger partial charge in [-0.1, -0.05) is 18.2 Å². The molecule has 8 heteroatoms. The van der Waals surface area contributed by atoms with E-state index in [2.05, 4.69) is 10.2 Å². The highest BCUT2D eigenvalue weighted by molar-refractivity contribution is 6.21. The van der Waals surface area contributed by atoms with Gasteiger partial charge in [-0.25, -0.2) is 0 Å². The first-order chi connectivity index (χ1) is 16.9. The van der Waals surface area contributed by atoms with Crippen molar-refractivity contribution < 1.29 is 24.2 Å². The molecule has 1 saturated heterocycles. The molecule has 1 fully saturated rings. The van der Waals surface area contributed by atoms with Gasteiger partial charge in [0, 0.05) is 24.5 Å². The average molecular weight is 472 g/mol. The fraction of sp³-hybridized carbons (Fsp3) is 0.222. The quantitative estimate of drug-likeness (QED) is 0.552. The maximum atomic E-state index is 13.0. The number of nitrogens with one attached hydrogen (secondary N) is 1. The molecule has 35 heavy (non-hydrogen) atoms. The number of amides is 3. The van der Waals surface area contributed by atoms with Crippen molar-refractivity contribution in [3.63, 3.8) is 0 Å². The number of phenolic OH excluding ortho intramolecular Hbond substituents is 1. The largest absolute Gasteiger partial charge is 0.507 e. The molecule has 0 atom stereocenters. The number of anilines is 2. The third kappa shape index (κ3) is 4.36. The van der Waals surface area contributed by atoms with Gasteiger partial charge in [0.1, 0.15) is 5.75 Å². The number of benzene rings is 3. The molecule has 3 amide bonds. The van der Waals surface area contributed by atoms with Gasteiger partial charge < -0.3 is 20.1 Å². The number of hydrogen-bond acceptors (Lipinski definition) is 6. The van der Waals surface area contributed by atoms with Crippen LogP contribution in [0.25, 0.3) is 0 Å². The van der Waals surface area contributed by atoms with Gasteiger partial charge in [-0.15, -0.1) is 0 Å². The Morgan fingerprint density at radius 3 is 2.23 bits per heavy atom. The van der Waals surface area contributed by atoms with Crippen molar-refractivity contribution in [3.8, 4) is 5.75 Å². The molecule has 0 aliphatic carbocycles. The summed E-state index contributed by atoms with van der Waals surface area (Å²) in [7, 11) is 0. The number of phenols is 1. The van der Waals surface area contributed by atoms with Crippen LogP contribution in [-0.4, -0.2) is 54.0 Å². The van der Waals surface area contributed by atoms with Crippen molar-refractivity contribution in [3.05, 3.63) is 88.5 Å². The maximum absolute atomic E-state index is 13.0. The fourth-order valence-electron chi connectivity index (χ4n) is 4.46. The number of rotatable bonds is 5. The molecule has 0 unspecified atom stereocenters. The molecule has 3 aromatic carbocycles. The molecule has 0 aromatic heterocycles. The third-order valence-corrected chi connectivity index (χ3v) is 6.33. The molecule has 2 aliphatic rings. The third-order valence-electron chi connectivity index (χ3n) is 6.33. The maximum Gasteiger partial charge on any atom is 0.261 e. The van der Waals surface area contributed by atoms with Gasteiger partial charge in [0.05, 0.1) is 36.4 Å². The minimum atomic E-state index is -0.478. The van der Waals surface area contributed by atoms with Crippen molar-refractivity contribution in [2.45, 2.75) is 13.5 Å². The number of carbonyl (C=O) groups is 3. The van der Waals surface area contributed by atoms with E-state index >= 15 is 0 Å². The number of aryl methyl sites for hydroxylation is 1. The van der Waals surface area contributed by atoms with E-state index in [0.717, 1.165) is 23.7 Å².